The largest absolute Gasteiger partial charge is 0.377 e. The first kappa shape index (κ1) is 17.2. The van der Waals surface area contributed by atoms with Crippen LogP contribution in [0.4, 0.5) is 5.95 Å². The first-order chi connectivity index (χ1) is 12.6. The van der Waals surface area contributed by atoms with Crippen LogP contribution < -0.4 is 10.6 Å². The lowest BCUT2D eigenvalue weighted by molar-refractivity contribution is 0.0715. The molecule has 1 aromatic carbocycles. The molecule has 1 fully saturated rings. The third-order valence-corrected chi connectivity index (χ3v) is 5.12. The lowest BCUT2D eigenvalue weighted by Crippen LogP contribution is -2.48. The van der Waals surface area contributed by atoms with Crippen LogP contribution in [0.25, 0.3) is 10.9 Å². The first-order valence-electron chi connectivity index (χ1n) is 9.23. The summed E-state index contributed by atoms with van der Waals surface area (Å²) >= 11 is 0. The van der Waals surface area contributed by atoms with Gasteiger partial charge in [0.25, 0.3) is 0 Å². The maximum Gasteiger partial charge on any atom is 0.230 e. The Balaban J connectivity index is 1.45. The lowest BCUT2D eigenvalue weighted by Gasteiger charge is -2.28. The molecule has 2 N–H and O–H groups in total. The molecule has 2 aromatic rings. The molecule has 138 valence electrons. The fraction of sp³-hybridized carbons (Fsp3) is 0.526. The Labute approximate surface area is 153 Å². The van der Waals surface area contributed by atoms with E-state index in [0.717, 1.165) is 48.8 Å². The van der Waals surface area contributed by atoms with E-state index in [1.165, 1.54) is 17.5 Å². The Morgan fingerprint density at radius 2 is 2.08 bits per heavy atom. The molecule has 1 aromatic heterocycles. The molecule has 26 heavy (non-hydrogen) atoms. The van der Waals surface area contributed by atoms with E-state index in [4.69, 9.17) is 4.74 Å². The number of aromatic nitrogens is 2. The molecule has 0 amide bonds. The number of benzene rings is 1. The van der Waals surface area contributed by atoms with Crippen LogP contribution in [0.5, 0.6) is 0 Å². The van der Waals surface area contributed by atoms with Gasteiger partial charge in [-0.1, -0.05) is 0 Å². The number of hydrogen-bond acceptors (Lipinski definition) is 7. The number of aryl methyl sites for hydroxylation is 3. The third kappa shape index (κ3) is 3.64. The van der Waals surface area contributed by atoms with Gasteiger partial charge in [-0.3, -0.25) is 10.2 Å². The van der Waals surface area contributed by atoms with Gasteiger partial charge in [0.2, 0.25) is 11.9 Å². The second-order valence-corrected chi connectivity index (χ2v) is 7.18. The predicted molar refractivity (Wildman–Crippen MR) is 103 cm³/mol. The molecular formula is C19H26N6O. The molecule has 7 nitrogen and oxygen atoms in total. The second-order valence-electron chi connectivity index (χ2n) is 7.18. The minimum atomic E-state index is 0.347. The summed E-state index contributed by atoms with van der Waals surface area (Å²) in [6.45, 7) is 9.45. The van der Waals surface area contributed by atoms with Crippen LogP contribution in [-0.4, -0.2) is 53.4 Å². The number of nitrogens with one attached hydrogen (secondary N) is 2. The molecule has 2 aliphatic heterocycles. The zero-order valence-electron chi connectivity index (χ0n) is 15.7. The van der Waals surface area contributed by atoms with Gasteiger partial charge >= 0.3 is 0 Å². The minimum Gasteiger partial charge on any atom is -0.377 e. The molecule has 3 heterocycles. The van der Waals surface area contributed by atoms with E-state index in [1.807, 2.05) is 6.92 Å². The summed E-state index contributed by atoms with van der Waals surface area (Å²) in [6, 6.07) is 4.27. The van der Waals surface area contributed by atoms with Crippen molar-refractivity contribution in [1.29, 1.82) is 0 Å². The number of hydrogen-bond donors (Lipinski definition) is 2. The van der Waals surface area contributed by atoms with Gasteiger partial charge in [-0.25, -0.2) is 15.0 Å². The lowest BCUT2D eigenvalue weighted by atomic mass is 10.1. The smallest absolute Gasteiger partial charge is 0.230 e. The summed E-state index contributed by atoms with van der Waals surface area (Å²) < 4.78 is 5.70. The summed E-state index contributed by atoms with van der Waals surface area (Å²) in [5, 5.41) is 7.63. The van der Waals surface area contributed by atoms with Crippen LogP contribution in [0.15, 0.2) is 17.1 Å². The maximum atomic E-state index is 5.70. The van der Waals surface area contributed by atoms with Gasteiger partial charge in [0.05, 0.1) is 30.7 Å². The van der Waals surface area contributed by atoms with E-state index >= 15 is 0 Å². The highest BCUT2D eigenvalue weighted by molar-refractivity contribution is 5.93. The highest BCUT2D eigenvalue weighted by Crippen LogP contribution is 2.21. The van der Waals surface area contributed by atoms with Gasteiger partial charge in [0, 0.05) is 18.5 Å². The molecule has 0 unspecified atom stereocenters. The molecular weight excluding hydrogens is 328 g/mol. The minimum absolute atomic E-state index is 0.347. The standard InChI is InChI=1S/C19H26N6O/c1-12-7-16-14(3)22-19(23-17(16)8-13(12)2)24-18-20-10-25(11-21-18)9-15-5-4-6-26-15/h7-8,15H,4-6,9-11H2,1-3H3,(H2,20,21,22,23,24)/t15-/m0/s1. The van der Waals surface area contributed by atoms with E-state index in [1.54, 1.807) is 0 Å². The van der Waals surface area contributed by atoms with Crippen molar-refractivity contribution in [2.45, 2.75) is 39.7 Å². The van der Waals surface area contributed by atoms with Crippen molar-refractivity contribution in [3.63, 3.8) is 0 Å². The predicted octanol–water partition coefficient (Wildman–Crippen LogP) is 2.32. The van der Waals surface area contributed by atoms with Gasteiger partial charge in [-0.05, 0) is 56.9 Å². The van der Waals surface area contributed by atoms with Gasteiger partial charge in [-0.2, -0.15) is 0 Å². The highest BCUT2D eigenvalue weighted by Gasteiger charge is 2.21. The average Bonchev–Trinajstić information content (AvgIpc) is 3.12. The first-order valence-corrected chi connectivity index (χ1v) is 9.23. The average molecular weight is 354 g/mol. The topological polar surface area (TPSA) is 74.7 Å². The number of nitrogens with zero attached hydrogens (tertiary/aromatic N) is 4. The number of fused-ring (bicyclic) bond motifs is 1. The van der Waals surface area contributed by atoms with E-state index in [9.17, 15) is 0 Å². The van der Waals surface area contributed by atoms with Crippen molar-refractivity contribution in [2.75, 3.05) is 31.8 Å². The van der Waals surface area contributed by atoms with E-state index in [-0.39, 0.29) is 0 Å². The summed E-state index contributed by atoms with van der Waals surface area (Å²) in [4.78, 5) is 16.1. The monoisotopic (exact) mass is 354 g/mol. The molecule has 0 aliphatic carbocycles. The fourth-order valence-corrected chi connectivity index (χ4v) is 3.45. The SMILES string of the molecule is Cc1cc2nc(NC3=NCN(C[C@@H]4CCCO4)CN3)nc(C)c2cc1C. The van der Waals surface area contributed by atoms with Gasteiger partial charge in [-0.15, -0.1) is 0 Å². The zero-order chi connectivity index (χ0) is 18.1. The second kappa shape index (κ2) is 7.17. The summed E-state index contributed by atoms with van der Waals surface area (Å²) in [5.41, 5.74) is 4.42. The Morgan fingerprint density at radius 3 is 2.81 bits per heavy atom. The molecule has 2 aliphatic rings. The van der Waals surface area contributed by atoms with Crippen LogP contribution >= 0.6 is 0 Å². The Morgan fingerprint density at radius 1 is 1.23 bits per heavy atom. The van der Waals surface area contributed by atoms with Crippen molar-refractivity contribution in [3.05, 3.63) is 29.0 Å². The summed E-state index contributed by atoms with van der Waals surface area (Å²) in [5.74, 6) is 1.30. The number of aliphatic imine (C=N–C) groups is 1. The van der Waals surface area contributed by atoms with Crippen LogP contribution in [0.1, 0.15) is 29.7 Å². The number of anilines is 1. The zero-order valence-corrected chi connectivity index (χ0v) is 15.7. The van der Waals surface area contributed by atoms with Crippen molar-refractivity contribution < 1.29 is 4.74 Å². The Kier molecular flexibility index (Phi) is 4.74. The van der Waals surface area contributed by atoms with Crippen molar-refractivity contribution in [2.24, 2.45) is 4.99 Å². The molecule has 1 saturated heterocycles. The fourth-order valence-electron chi connectivity index (χ4n) is 3.45. The Hall–Kier alpha value is -2.25. The molecule has 4 rings (SSSR count). The van der Waals surface area contributed by atoms with Crippen molar-refractivity contribution in [3.8, 4) is 0 Å². The van der Waals surface area contributed by atoms with E-state index < -0.39 is 0 Å². The molecule has 0 spiro atoms. The summed E-state index contributed by atoms with van der Waals surface area (Å²) in [6.07, 6.45) is 2.66. The number of guanidine groups is 1. The van der Waals surface area contributed by atoms with Crippen molar-refractivity contribution >= 4 is 22.8 Å². The maximum absolute atomic E-state index is 5.70. The quantitative estimate of drug-likeness (QED) is 0.881. The van der Waals surface area contributed by atoms with Gasteiger partial charge in [0.1, 0.15) is 0 Å². The van der Waals surface area contributed by atoms with Gasteiger partial charge in [0.15, 0.2) is 0 Å². The van der Waals surface area contributed by atoms with E-state index in [0.29, 0.717) is 18.7 Å². The summed E-state index contributed by atoms with van der Waals surface area (Å²) in [7, 11) is 0. The third-order valence-electron chi connectivity index (χ3n) is 5.12. The van der Waals surface area contributed by atoms with E-state index in [2.05, 4.69) is 56.5 Å². The van der Waals surface area contributed by atoms with Crippen LogP contribution in [0.2, 0.25) is 0 Å². The van der Waals surface area contributed by atoms with Crippen LogP contribution in [-0.2, 0) is 4.74 Å². The Bertz CT molecular complexity index is 844. The van der Waals surface area contributed by atoms with Gasteiger partial charge < -0.3 is 10.1 Å². The van der Waals surface area contributed by atoms with Crippen LogP contribution in [0, 0.1) is 20.8 Å². The molecule has 0 bridgehead atoms. The van der Waals surface area contributed by atoms with Crippen LogP contribution in [0.3, 0.4) is 0 Å². The molecule has 0 saturated carbocycles. The normalized spacial score (nSPS) is 20.9. The highest BCUT2D eigenvalue weighted by atomic mass is 16.5. The molecule has 0 radical (unpaired) electrons. The molecule has 1 atom stereocenters. The van der Waals surface area contributed by atoms with Crippen molar-refractivity contribution in [1.82, 2.24) is 20.2 Å². The number of ether oxygens (including phenoxy) is 1. The molecule has 7 heteroatoms. The number of rotatable bonds is 3.